The van der Waals surface area contributed by atoms with Gasteiger partial charge in [-0.15, -0.1) is 10.2 Å². The van der Waals surface area contributed by atoms with Crippen molar-refractivity contribution in [2.45, 2.75) is 6.42 Å². The number of benzene rings is 1. The van der Waals surface area contributed by atoms with Crippen LogP contribution < -0.4 is 0 Å². The van der Waals surface area contributed by atoms with Gasteiger partial charge in [-0.25, -0.2) is 0 Å². The van der Waals surface area contributed by atoms with Crippen molar-refractivity contribution in [1.82, 2.24) is 10.2 Å². The molecule has 0 spiro atoms. The molecule has 0 N–H and O–H groups in total. The summed E-state index contributed by atoms with van der Waals surface area (Å²) in [5.41, 5.74) is 2.06. The Balaban J connectivity index is 2.28. The first-order valence-corrected chi connectivity index (χ1v) is 5.23. The van der Waals surface area contributed by atoms with Crippen molar-refractivity contribution in [2.75, 3.05) is 0 Å². The predicted molar refractivity (Wildman–Crippen MR) is 61.3 cm³/mol. The second-order valence-corrected chi connectivity index (χ2v) is 3.89. The third kappa shape index (κ3) is 2.67. The molecule has 2 aromatic rings. The lowest BCUT2D eigenvalue weighted by Gasteiger charge is -2.03. The quantitative estimate of drug-likeness (QED) is 0.802. The van der Waals surface area contributed by atoms with Crippen LogP contribution in [-0.4, -0.2) is 10.2 Å². The third-order valence-electron chi connectivity index (χ3n) is 2.03. The van der Waals surface area contributed by atoms with Gasteiger partial charge in [-0.05, 0) is 17.2 Å². The summed E-state index contributed by atoms with van der Waals surface area (Å²) in [5, 5.41) is 8.19. The molecule has 1 heterocycles. The number of hydrogen-bond acceptors (Lipinski definition) is 2. The Bertz CT molecular complexity index is 457. The fourth-order valence-electron chi connectivity index (χ4n) is 1.33. The zero-order chi connectivity index (χ0) is 10.7. The van der Waals surface area contributed by atoms with Crippen LogP contribution in [0.2, 0.25) is 10.3 Å². The van der Waals surface area contributed by atoms with E-state index in [9.17, 15) is 0 Å². The van der Waals surface area contributed by atoms with E-state index in [0.29, 0.717) is 10.3 Å². The van der Waals surface area contributed by atoms with E-state index in [-0.39, 0.29) is 0 Å². The molecule has 2 nitrogen and oxygen atoms in total. The highest BCUT2D eigenvalue weighted by molar-refractivity contribution is 6.31. The van der Waals surface area contributed by atoms with E-state index in [1.54, 1.807) is 6.07 Å². The average molecular weight is 239 g/mol. The van der Waals surface area contributed by atoms with Gasteiger partial charge in [0.2, 0.25) is 0 Å². The maximum Gasteiger partial charge on any atom is 0.155 e. The smallest absolute Gasteiger partial charge is 0.137 e. The van der Waals surface area contributed by atoms with Crippen molar-refractivity contribution in [3.8, 4) is 0 Å². The van der Waals surface area contributed by atoms with Crippen molar-refractivity contribution >= 4 is 23.2 Å². The summed E-state index contributed by atoms with van der Waals surface area (Å²) in [6.45, 7) is 0. The molecule has 76 valence electrons. The third-order valence-corrected chi connectivity index (χ3v) is 2.53. The maximum atomic E-state index is 5.91. The van der Waals surface area contributed by atoms with Crippen LogP contribution in [0.15, 0.2) is 36.4 Å². The zero-order valence-electron chi connectivity index (χ0n) is 7.82. The minimum absolute atomic E-state index is 0.366. The fourth-order valence-corrected chi connectivity index (χ4v) is 1.66. The van der Waals surface area contributed by atoms with Crippen molar-refractivity contribution in [1.29, 1.82) is 0 Å². The van der Waals surface area contributed by atoms with Gasteiger partial charge >= 0.3 is 0 Å². The van der Waals surface area contributed by atoms with Crippen molar-refractivity contribution in [2.24, 2.45) is 0 Å². The molecule has 0 amide bonds. The zero-order valence-corrected chi connectivity index (χ0v) is 9.33. The normalized spacial score (nSPS) is 10.3. The van der Waals surface area contributed by atoms with Crippen LogP contribution >= 0.6 is 23.2 Å². The first-order valence-electron chi connectivity index (χ1n) is 4.47. The van der Waals surface area contributed by atoms with Crippen LogP contribution in [0.3, 0.4) is 0 Å². The molecular weight excluding hydrogens is 231 g/mol. The predicted octanol–water partition coefficient (Wildman–Crippen LogP) is 3.37. The van der Waals surface area contributed by atoms with Crippen molar-refractivity contribution in [3.63, 3.8) is 0 Å². The first-order chi connectivity index (χ1) is 7.25. The van der Waals surface area contributed by atoms with Gasteiger partial charge in [0.1, 0.15) is 0 Å². The average Bonchev–Trinajstić information content (AvgIpc) is 2.25. The summed E-state index contributed by atoms with van der Waals surface area (Å²) in [6, 6.07) is 11.8. The summed E-state index contributed by atoms with van der Waals surface area (Å²) in [6.07, 6.45) is 0.717. The van der Waals surface area contributed by atoms with Crippen LogP contribution in [0.5, 0.6) is 0 Å². The molecule has 0 aliphatic carbocycles. The molecule has 1 aromatic heterocycles. The highest BCUT2D eigenvalue weighted by Gasteiger charge is 2.04. The maximum absolute atomic E-state index is 5.91. The summed E-state index contributed by atoms with van der Waals surface area (Å²) >= 11 is 11.7. The second kappa shape index (κ2) is 4.60. The summed E-state index contributed by atoms with van der Waals surface area (Å²) in [5.74, 6) is 0. The lowest BCUT2D eigenvalue weighted by molar-refractivity contribution is 0.995. The van der Waals surface area contributed by atoms with Gasteiger partial charge < -0.3 is 0 Å². The largest absolute Gasteiger partial charge is 0.155 e. The molecule has 0 saturated carbocycles. The molecule has 4 heteroatoms. The first kappa shape index (κ1) is 10.4. The molecule has 0 atom stereocenters. The summed E-state index contributed by atoms with van der Waals surface area (Å²) in [7, 11) is 0. The SMILES string of the molecule is Clc1cc(Cc2ccccc2)c(Cl)nn1. The van der Waals surface area contributed by atoms with Crippen molar-refractivity contribution < 1.29 is 0 Å². The number of nitrogens with zero attached hydrogens (tertiary/aromatic N) is 2. The molecule has 0 unspecified atom stereocenters. The van der Waals surface area contributed by atoms with Crippen molar-refractivity contribution in [3.05, 3.63) is 57.8 Å². The minimum atomic E-state index is 0.366. The lowest BCUT2D eigenvalue weighted by Crippen LogP contribution is -1.93. The van der Waals surface area contributed by atoms with E-state index < -0.39 is 0 Å². The van der Waals surface area contributed by atoms with Crippen LogP contribution in [0.1, 0.15) is 11.1 Å². The van der Waals surface area contributed by atoms with Gasteiger partial charge in [-0.2, -0.15) is 0 Å². The molecule has 0 fully saturated rings. The molecule has 0 saturated heterocycles. The molecule has 0 aliphatic heterocycles. The van der Waals surface area contributed by atoms with E-state index in [2.05, 4.69) is 10.2 Å². The lowest BCUT2D eigenvalue weighted by atomic mass is 10.1. The Morgan fingerprint density at radius 1 is 1.00 bits per heavy atom. The van der Waals surface area contributed by atoms with Crippen LogP contribution in [0, 0.1) is 0 Å². The van der Waals surface area contributed by atoms with Gasteiger partial charge in [0.05, 0.1) is 0 Å². The fraction of sp³-hybridized carbons (Fsp3) is 0.0909. The molecule has 0 bridgehead atoms. The van der Waals surface area contributed by atoms with Crippen LogP contribution in [-0.2, 0) is 6.42 Å². The van der Waals surface area contributed by atoms with E-state index in [1.165, 1.54) is 5.56 Å². The Labute approximate surface area is 97.9 Å². The van der Waals surface area contributed by atoms with E-state index in [4.69, 9.17) is 23.2 Å². The monoisotopic (exact) mass is 238 g/mol. The minimum Gasteiger partial charge on any atom is -0.137 e. The van der Waals surface area contributed by atoms with Gasteiger partial charge in [0.25, 0.3) is 0 Å². The number of rotatable bonds is 2. The van der Waals surface area contributed by atoms with Gasteiger partial charge in [0, 0.05) is 6.42 Å². The van der Waals surface area contributed by atoms with Crippen LogP contribution in [0.25, 0.3) is 0 Å². The highest BCUT2D eigenvalue weighted by atomic mass is 35.5. The Kier molecular flexibility index (Phi) is 3.19. The molecule has 15 heavy (non-hydrogen) atoms. The van der Waals surface area contributed by atoms with Crippen LogP contribution in [0.4, 0.5) is 0 Å². The standard InChI is InChI=1S/C11H8Cl2N2/c12-10-7-9(11(13)15-14-10)6-8-4-2-1-3-5-8/h1-5,7H,6H2. The molecule has 1 aromatic carbocycles. The number of hydrogen-bond donors (Lipinski definition) is 0. The summed E-state index contributed by atoms with van der Waals surface area (Å²) < 4.78 is 0. The van der Waals surface area contributed by atoms with E-state index >= 15 is 0 Å². The second-order valence-electron chi connectivity index (χ2n) is 3.15. The topological polar surface area (TPSA) is 25.8 Å². The highest BCUT2D eigenvalue weighted by Crippen LogP contribution is 2.18. The summed E-state index contributed by atoms with van der Waals surface area (Å²) in [4.78, 5) is 0. The number of halogens is 2. The van der Waals surface area contributed by atoms with E-state index in [0.717, 1.165) is 12.0 Å². The Hall–Kier alpha value is -1.12. The molecule has 2 rings (SSSR count). The molecular formula is C11H8Cl2N2. The van der Waals surface area contributed by atoms with E-state index in [1.807, 2.05) is 30.3 Å². The number of aromatic nitrogens is 2. The molecule has 0 aliphatic rings. The van der Waals surface area contributed by atoms with Gasteiger partial charge in [-0.1, -0.05) is 53.5 Å². The Morgan fingerprint density at radius 3 is 2.47 bits per heavy atom. The van der Waals surface area contributed by atoms with Gasteiger partial charge in [-0.3, -0.25) is 0 Å². The Morgan fingerprint density at radius 2 is 1.73 bits per heavy atom. The molecule has 0 radical (unpaired) electrons. The van der Waals surface area contributed by atoms with Gasteiger partial charge in [0.15, 0.2) is 10.3 Å².